The van der Waals surface area contributed by atoms with E-state index >= 15 is 0 Å². The topological polar surface area (TPSA) is 55.6 Å². The van der Waals surface area contributed by atoms with Gasteiger partial charge in [0.25, 0.3) is 5.91 Å². The second-order valence-electron chi connectivity index (χ2n) is 5.07. The Morgan fingerprint density at radius 2 is 1.88 bits per heavy atom. The Bertz CT molecular complexity index is 992. The SMILES string of the molecule is O=C(Nc1ccccc1Oc1ccccc1)c1csc2nccn12. The Balaban J connectivity index is 1.61. The second-order valence-corrected chi connectivity index (χ2v) is 5.90. The van der Waals surface area contributed by atoms with Gasteiger partial charge in [-0.1, -0.05) is 30.3 Å². The molecule has 2 aromatic carbocycles. The molecule has 5 nitrogen and oxygen atoms in total. The van der Waals surface area contributed by atoms with Crippen LogP contribution in [0.3, 0.4) is 0 Å². The summed E-state index contributed by atoms with van der Waals surface area (Å²) in [5.41, 5.74) is 1.16. The van der Waals surface area contributed by atoms with E-state index in [0.29, 0.717) is 22.9 Å². The Morgan fingerprint density at radius 1 is 1.08 bits per heavy atom. The quantitative estimate of drug-likeness (QED) is 0.600. The number of para-hydroxylation sites is 3. The highest BCUT2D eigenvalue weighted by molar-refractivity contribution is 7.15. The summed E-state index contributed by atoms with van der Waals surface area (Å²) in [6.45, 7) is 0. The number of nitrogens with one attached hydrogen (secondary N) is 1. The first-order chi connectivity index (χ1) is 11.8. The summed E-state index contributed by atoms with van der Waals surface area (Å²) in [7, 11) is 0. The number of thiazole rings is 1. The van der Waals surface area contributed by atoms with Crippen LogP contribution in [0.25, 0.3) is 4.96 Å². The number of ether oxygens (including phenoxy) is 1. The molecule has 0 aliphatic heterocycles. The normalized spacial score (nSPS) is 10.7. The fraction of sp³-hybridized carbons (Fsp3) is 0. The van der Waals surface area contributed by atoms with Crippen LogP contribution in [0.5, 0.6) is 11.5 Å². The molecule has 0 unspecified atom stereocenters. The predicted molar refractivity (Wildman–Crippen MR) is 94.0 cm³/mol. The lowest BCUT2D eigenvalue weighted by Crippen LogP contribution is -2.14. The molecule has 0 fully saturated rings. The summed E-state index contributed by atoms with van der Waals surface area (Å²) in [4.78, 5) is 17.5. The van der Waals surface area contributed by atoms with E-state index in [-0.39, 0.29) is 5.91 Å². The zero-order valence-corrected chi connectivity index (χ0v) is 13.4. The number of amides is 1. The lowest BCUT2D eigenvalue weighted by molar-refractivity contribution is 0.102. The molecule has 0 bridgehead atoms. The Labute approximate surface area is 142 Å². The van der Waals surface area contributed by atoms with Crippen LogP contribution in [0.4, 0.5) is 5.69 Å². The van der Waals surface area contributed by atoms with Crippen molar-refractivity contribution in [3.8, 4) is 11.5 Å². The molecule has 24 heavy (non-hydrogen) atoms. The lowest BCUT2D eigenvalue weighted by Gasteiger charge is -2.12. The first-order valence-electron chi connectivity index (χ1n) is 7.35. The van der Waals surface area contributed by atoms with Gasteiger partial charge in [0, 0.05) is 17.8 Å². The van der Waals surface area contributed by atoms with Gasteiger partial charge in [-0.15, -0.1) is 11.3 Å². The summed E-state index contributed by atoms with van der Waals surface area (Å²) in [5, 5.41) is 4.70. The molecule has 0 aliphatic rings. The van der Waals surface area contributed by atoms with E-state index in [1.807, 2.05) is 54.6 Å². The average molecular weight is 335 g/mol. The minimum absolute atomic E-state index is 0.205. The number of carbonyl (C=O) groups excluding carboxylic acids is 1. The largest absolute Gasteiger partial charge is 0.455 e. The second kappa shape index (κ2) is 6.17. The Morgan fingerprint density at radius 3 is 2.75 bits per heavy atom. The third kappa shape index (κ3) is 2.75. The van der Waals surface area contributed by atoms with Crippen molar-refractivity contribution >= 4 is 27.9 Å². The molecule has 0 saturated carbocycles. The van der Waals surface area contributed by atoms with Crippen LogP contribution < -0.4 is 10.1 Å². The number of hydrogen-bond donors (Lipinski definition) is 1. The molecule has 6 heteroatoms. The third-order valence-corrected chi connectivity index (χ3v) is 4.34. The van der Waals surface area contributed by atoms with Gasteiger partial charge in [-0.3, -0.25) is 9.20 Å². The first-order valence-corrected chi connectivity index (χ1v) is 8.23. The van der Waals surface area contributed by atoms with E-state index in [1.165, 1.54) is 11.3 Å². The van der Waals surface area contributed by atoms with Crippen molar-refractivity contribution in [3.63, 3.8) is 0 Å². The van der Waals surface area contributed by atoms with E-state index in [0.717, 1.165) is 4.96 Å². The first kappa shape index (κ1) is 14.5. The van der Waals surface area contributed by atoms with Gasteiger partial charge in [-0.05, 0) is 24.3 Å². The number of hydrogen-bond acceptors (Lipinski definition) is 4. The molecular weight excluding hydrogens is 322 g/mol. The number of fused-ring (bicyclic) bond motifs is 1. The molecule has 2 aromatic heterocycles. The van der Waals surface area contributed by atoms with Crippen LogP contribution in [-0.2, 0) is 0 Å². The number of nitrogens with zero attached hydrogens (tertiary/aromatic N) is 2. The fourth-order valence-electron chi connectivity index (χ4n) is 2.35. The van der Waals surface area contributed by atoms with Crippen molar-refractivity contribution in [2.45, 2.75) is 0 Å². The Kier molecular flexibility index (Phi) is 3.72. The molecule has 1 amide bonds. The minimum Gasteiger partial charge on any atom is -0.455 e. The predicted octanol–water partition coefficient (Wildman–Crippen LogP) is 4.44. The summed E-state index contributed by atoms with van der Waals surface area (Å²) < 4.78 is 7.63. The summed E-state index contributed by atoms with van der Waals surface area (Å²) in [6, 6.07) is 16.8. The van der Waals surface area contributed by atoms with Crippen LogP contribution in [-0.4, -0.2) is 15.3 Å². The molecule has 2 heterocycles. The maximum Gasteiger partial charge on any atom is 0.273 e. The van der Waals surface area contributed by atoms with Crippen molar-refractivity contribution in [3.05, 3.63) is 78.1 Å². The summed E-state index contributed by atoms with van der Waals surface area (Å²) in [6.07, 6.45) is 3.45. The molecule has 0 aliphatic carbocycles. The zero-order valence-electron chi connectivity index (χ0n) is 12.5. The standard InChI is InChI=1S/C18H13N3O2S/c22-17(15-12-24-18-19-10-11-21(15)18)20-14-8-4-5-9-16(14)23-13-6-2-1-3-7-13/h1-12H,(H,20,22). The van der Waals surface area contributed by atoms with Crippen molar-refractivity contribution < 1.29 is 9.53 Å². The maximum absolute atomic E-state index is 12.6. The van der Waals surface area contributed by atoms with Crippen molar-refractivity contribution in [2.75, 3.05) is 5.32 Å². The van der Waals surface area contributed by atoms with Gasteiger partial charge in [0.05, 0.1) is 5.69 Å². The zero-order chi connectivity index (χ0) is 16.4. The molecule has 1 N–H and O–H groups in total. The highest BCUT2D eigenvalue weighted by Gasteiger charge is 2.15. The molecular formula is C18H13N3O2S. The van der Waals surface area contributed by atoms with E-state index in [2.05, 4.69) is 10.3 Å². The number of imidazole rings is 1. The molecule has 0 spiro atoms. The van der Waals surface area contributed by atoms with E-state index in [9.17, 15) is 4.79 Å². The van der Waals surface area contributed by atoms with Gasteiger partial charge in [0.15, 0.2) is 10.7 Å². The van der Waals surface area contributed by atoms with E-state index < -0.39 is 0 Å². The van der Waals surface area contributed by atoms with Gasteiger partial charge >= 0.3 is 0 Å². The van der Waals surface area contributed by atoms with Crippen LogP contribution in [0, 0.1) is 0 Å². The summed E-state index contributed by atoms with van der Waals surface area (Å²) in [5.74, 6) is 1.10. The molecule has 118 valence electrons. The van der Waals surface area contributed by atoms with Crippen LogP contribution in [0.1, 0.15) is 10.5 Å². The van der Waals surface area contributed by atoms with Gasteiger partial charge in [-0.2, -0.15) is 0 Å². The minimum atomic E-state index is -0.205. The highest BCUT2D eigenvalue weighted by Crippen LogP contribution is 2.29. The number of aromatic nitrogens is 2. The number of anilines is 1. The van der Waals surface area contributed by atoms with Crippen LogP contribution in [0.2, 0.25) is 0 Å². The van der Waals surface area contributed by atoms with Crippen molar-refractivity contribution in [1.82, 2.24) is 9.38 Å². The van der Waals surface area contributed by atoms with Crippen LogP contribution in [0.15, 0.2) is 72.4 Å². The van der Waals surface area contributed by atoms with Crippen molar-refractivity contribution in [1.29, 1.82) is 0 Å². The van der Waals surface area contributed by atoms with Gasteiger partial charge in [0.1, 0.15) is 11.4 Å². The Hall–Kier alpha value is -3.12. The fourth-order valence-corrected chi connectivity index (χ4v) is 3.18. The summed E-state index contributed by atoms with van der Waals surface area (Å²) >= 11 is 1.43. The van der Waals surface area contributed by atoms with Crippen molar-refractivity contribution in [2.24, 2.45) is 0 Å². The lowest BCUT2D eigenvalue weighted by atomic mass is 10.2. The van der Waals surface area contributed by atoms with E-state index in [1.54, 1.807) is 22.2 Å². The average Bonchev–Trinajstić information content (AvgIpc) is 3.21. The maximum atomic E-state index is 12.6. The molecule has 4 aromatic rings. The highest BCUT2D eigenvalue weighted by atomic mass is 32.1. The number of rotatable bonds is 4. The number of benzene rings is 2. The van der Waals surface area contributed by atoms with E-state index in [4.69, 9.17) is 4.74 Å². The van der Waals surface area contributed by atoms with Crippen LogP contribution >= 0.6 is 11.3 Å². The monoisotopic (exact) mass is 335 g/mol. The molecule has 0 atom stereocenters. The van der Waals surface area contributed by atoms with Gasteiger partial charge in [-0.25, -0.2) is 4.98 Å². The molecule has 0 saturated heterocycles. The van der Waals surface area contributed by atoms with Gasteiger partial charge < -0.3 is 10.1 Å². The molecule has 0 radical (unpaired) electrons. The smallest absolute Gasteiger partial charge is 0.273 e. The van der Waals surface area contributed by atoms with Gasteiger partial charge in [0.2, 0.25) is 0 Å². The molecule has 4 rings (SSSR count). The number of carbonyl (C=O) groups is 1. The third-order valence-electron chi connectivity index (χ3n) is 3.48.